The van der Waals surface area contributed by atoms with E-state index in [1.54, 1.807) is 57.2 Å². The normalized spacial score (nSPS) is 12.5. The van der Waals surface area contributed by atoms with Gasteiger partial charge in [-0.2, -0.15) is 13.2 Å². The standard InChI is InChI=1S/C29H32F3N3O3/c1-19-11-14-24(17-20(19)2)35(16-15-23-13-12-22(18-33-23)29(30,31)32)26(36)25(21-9-7-6-8-10-21)34-27(37)38-28(3,4)5/h6-14,17-18,25H,15-16H2,1-5H3,(H,34,37). The molecule has 1 unspecified atom stereocenters. The van der Waals surface area contributed by atoms with Gasteiger partial charge >= 0.3 is 12.3 Å². The van der Waals surface area contributed by atoms with Crippen LogP contribution in [-0.2, 0) is 22.1 Å². The average Bonchev–Trinajstić information content (AvgIpc) is 2.84. The van der Waals surface area contributed by atoms with E-state index in [0.29, 0.717) is 16.9 Å². The van der Waals surface area contributed by atoms with Crippen molar-refractivity contribution in [2.75, 3.05) is 11.4 Å². The molecule has 2 aromatic carbocycles. The molecule has 0 saturated carbocycles. The highest BCUT2D eigenvalue weighted by Gasteiger charge is 2.32. The van der Waals surface area contributed by atoms with Crippen molar-refractivity contribution in [3.05, 3.63) is 94.8 Å². The second-order valence-electron chi connectivity index (χ2n) is 10.0. The Morgan fingerprint density at radius 3 is 2.21 bits per heavy atom. The van der Waals surface area contributed by atoms with Gasteiger partial charge in [0.25, 0.3) is 5.91 Å². The highest BCUT2D eigenvalue weighted by molar-refractivity contribution is 5.99. The summed E-state index contributed by atoms with van der Waals surface area (Å²) in [4.78, 5) is 32.2. The molecule has 0 aliphatic carbocycles. The van der Waals surface area contributed by atoms with Crippen LogP contribution < -0.4 is 10.2 Å². The number of benzene rings is 2. The van der Waals surface area contributed by atoms with Gasteiger partial charge in [0.15, 0.2) is 0 Å². The number of aromatic nitrogens is 1. The largest absolute Gasteiger partial charge is 0.444 e. The SMILES string of the molecule is Cc1ccc(N(CCc2ccc(C(F)(F)F)cn2)C(=O)C(NC(=O)OC(C)(C)C)c2ccccc2)cc1C. The van der Waals surface area contributed by atoms with Crippen LogP contribution in [0.15, 0.2) is 66.9 Å². The van der Waals surface area contributed by atoms with Gasteiger partial charge in [-0.3, -0.25) is 9.78 Å². The van der Waals surface area contributed by atoms with Crippen LogP contribution in [0.4, 0.5) is 23.7 Å². The number of amides is 2. The first kappa shape index (κ1) is 28.7. The first-order chi connectivity index (χ1) is 17.7. The first-order valence-electron chi connectivity index (χ1n) is 12.2. The molecule has 202 valence electrons. The molecule has 1 aromatic heterocycles. The Morgan fingerprint density at radius 2 is 1.66 bits per heavy atom. The van der Waals surface area contributed by atoms with Crippen LogP contribution in [0.25, 0.3) is 0 Å². The fraction of sp³-hybridized carbons (Fsp3) is 0.345. The number of halogens is 3. The van der Waals surface area contributed by atoms with Crippen LogP contribution in [0.2, 0.25) is 0 Å². The highest BCUT2D eigenvalue weighted by Crippen LogP contribution is 2.29. The van der Waals surface area contributed by atoms with E-state index in [9.17, 15) is 22.8 Å². The van der Waals surface area contributed by atoms with Crippen LogP contribution in [-0.4, -0.2) is 29.1 Å². The molecule has 3 aromatic rings. The third-order valence-electron chi connectivity index (χ3n) is 5.85. The molecule has 0 spiro atoms. The van der Waals surface area contributed by atoms with Gasteiger partial charge < -0.3 is 15.0 Å². The molecule has 0 aliphatic heterocycles. The third kappa shape index (κ3) is 7.81. The lowest BCUT2D eigenvalue weighted by Gasteiger charge is -2.29. The summed E-state index contributed by atoms with van der Waals surface area (Å²) in [6.45, 7) is 9.18. The molecule has 0 saturated heterocycles. The van der Waals surface area contributed by atoms with Crippen molar-refractivity contribution < 1.29 is 27.5 Å². The number of pyridine rings is 1. The van der Waals surface area contributed by atoms with Crippen molar-refractivity contribution in [3.8, 4) is 0 Å². The lowest BCUT2D eigenvalue weighted by molar-refractivity contribution is -0.137. The molecule has 1 heterocycles. The van der Waals surface area contributed by atoms with E-state index < -0.39 is 35.4 Å². The van der Waals surface area contributed by atoms with E-state index in [2.05, 4.69) is 10.3 Å². The van der Waals surface area contributed by atoms with E-state index >= 15 is 0 Å². The number of ether oxygens (including phenoxy) is 1. The summed E-state index contributed by atoms with van der Waals surface area (Å²) in [7, 11) is 0. The first-order valence-corrected chi connectivity index (χ1v) is 12.2. The van der Waals surface area contributed by atoms with Crippen molar-refractivity contribution in [2.24, 2.45) is 0 Å². The van der Waals surface area contributed by atoms with E-state index in [4.69, 9.17) is 4.74 Å². The van der Waals surface area contributed by atoms with E-state index in [1.807, 2.05) is 26.0 Å². The third-order valence-corrected chi connectivity index (χ3v) is 5.85. The molecular weight excluding hydrogens is 495 g/mol. The number of carbonyl (C=O) groups excluding carboxylic acids is 2. The molecule has 2 amide bonds. The smallest absolute Gasteiger partial charge is 0.417 e. The van der Waals surface area contributed by atoms with Gasteiger partial charge in [-0.25, -0.2) is 4.79 Å². The Hall–Kier alpha value is -3.88. The maximum absolute atomic E-state index is 14.0. The van der Waals surface area contributed by atoms with Crippen LogP contribution in [0, 0.1) is 13.8 Å². The zero-order valence-electron chi connectivity index (χ0n) is 22.1. The molecule has 6 nitrogen and oxygen atoms in total. The van der Waals surface area contributed by atoms with Crippen molar-refractivity contribution in [1.29, 1.82) is 0 Å². The number of nitrogens with zero attached hydrogens (tertiary/aromatic N) is 2. The number of aryl methyl sites for hydroxylation is 2. The van der Waals surface area contributed by atoms with Gasteiger partial charge in [0.05, 0.1) is 5.56 Å². The summed E-state index contributed by atoms with van der Waals surface area (Å²) in [5.74, 6) is -0.419. The fourth-order valence-corrected chi connectivity index (χ4v) is 3.74. The van der Waals surface area contributed by atoms with Gasteiger partial charge in [-0.1, -0.05) is 36.4 Å². The predicted octanol–water partition coefficient (Wildman–Crippen LogP) is 6.56. The Kier molecular flexibility index (Phi) is 8.81. The van der Waals surface area contributed by atoms with Crippen LogP contribution in [0.5, 0.6) is 0 Å². The van der Waals surface area contributed by atoms with Crippen LogP contribution in [0.3, 0.4) is 0 Å². The van der Waals surface area contributed by atoms with Gasteiger partial charge in [0, 0.05) is 30.5 Å². The predicted molar refractivity (Wildman–Crippen MR) is 140 cm³/mol. The minimum absolute atomic E-state index is 0.124. The molecule has 9 heteroatoms. The number of carbonyl (C=O) groups is 2. The summed E-state index contributed by atoms with van der Waals surface area (Å²) in [6.07, 6.45) is -4.24. The Balaban J connectivity index is 1.95. The minimum Gasteiger partial charge on any atom is -0.444 e. The van der Waals surface area contributed by atoms with Crippen molar-refractivity contribution in [2.45, 2.75) is 58.9 Å². The number of anilines is 1. The van der Waals surface area contributed by atoms with E-state index in [-0.39, 0.29) is 13.0 Å². The summed E-state index contributed by atoms with van der Waals surface area (Å²) >= 11 is 0. The molecule has 0 aliphatic rings. The molecule has 1 atom stereocenters. The van der Waals surface area contributed by atoms with E-state index in [0.717, 1.165) is 23.4 Å². The molecule has 0 bridgehead atoms. The molecule has 1 N–H and O–H groups in total. The second-order valence-corrected chi connectivity index (χ2v) is 10.0. The Morgan fingerprint density at radius 1 is 0.974 bits per heavy atom. The maximum atomic E-state index is 14.0. The van der Waals surface area contributed by atoms with Crippen LogP contribution in [0.1, 0.15) is 54.8 Å². The molecule has 38 heavy (non-hydrogen) atoms. The number of hydrogen-bond acceptors (Lipinski definition) is 4. The highest BCUT2D eigenvalue weighted by atomic mass is 19.4. The Labute approximate surface area is 220 Å². The fourth-order valence-electron chi connectivity index (χ4n) is 3.74. The van der Waals surface area contributed by atoms with Crippen LogP contribution >= 0.6 is 0 Å². The zero-order chi connectivity index (χ0) is 28.1. The number of hydrogen-bond donors (Lipinski definition) is 1. The van der Waals surface area contributed by atoms with Gasteiger partial charge in [0.2, 0.25) is 0 Å². The Bertz CT molecular complexity index is 1250. The van der Waals surface area contributed by atoms with Crippen molar-refractivity contribution >= 4 is 17.7 Å². The molecule has 0 radical (unpaired) electrons. The summed E-state index contributed by atoms with van der Waals surface area (Å²) in [6, 6.07) is 15.6. The molecule has 3 rings (SSSR count). The van der Waals surface area contributed by atoms with Crippen molar-refractivity contribution in [3.63, 3.8) is 0 Å². The number of rotatable bonds is 7. The number of alkyl carbamates (subject to hydrolysis) is 1. The number of nitrogens with one attached hydrogen (secondary N) is 1. The van der Waals surface area contributed by atoms with Gasteiger partial charge in [-0.05, 0) is 75.6 Å². The van der Waals surface area contributed by atoms with Gasteiger partial charge in [-0.15, -0.1) is 0 Å². The summed E-state index contributed by atoms with van der Waals surface area (Å²) in [5.41, 5.74) is 1.95. The topological polar surface area (TPSA) is 71.5 Å². The minimum atomic E-state index is -4.48. The average molecular weight is 528 g/mol. The second kappa shape index (κ2) is 11.7. The van der Waals surface area contributed by atoms with Gasteiger partial charge in [0.1, 0.15) is 11.6 Å². The maximum Gasteiger partial charge on any atom is 0.417 e. The molecule has 0 fully saturated rings. The quantitative estimate of drug-likeness (QED) is 0.378. The zero-order valence-corrected chi connectivity index (χ0v) is 22.1. The lowest BCUT2D eigenvalue weighted by Crippen LogP contribution is -2.45. The summed E-state index contributed by atoms with van der Waals surface area (Å²) < 4.78 is 44.3. The number of alkyl halides is 3. The monoisotopic (exact) mass is 527 g/mol. The molecular formula is C29H32F3N3O3. The summed E-state index contributed by atoms with van der Waals surface area (Å²) in [5, 5.41) is 2.70. The lowest BCUT2D eigenvalue weighted by atomic mass is 10.0. The van der Waals surface area contributed by atoms with Crippen molar-refractivity contribution in [1.82, 2.24) is 10.3 Å². The van der Waals surface area contributed by atoms with E-state index in [1.165, 1.54) is 11.0 Å².